The molecule has 0 bridgehead atoms. The number of carbonyl (C=O) groups excluding carboxylic acids is 2. The number of unbranched alkanes of at least 4 members (excludes halogenated alkanes) is 1. The van der Waals surface area contributed by atoms with Gasteiger partial charge in [0.25, 0.3) is 0 Å². The van der Waals surface area contributed by atoms with Gasteiger partial charge in [-0.05, 0) is 31.4 Å². The highest BCUT2D eigenvalue weighted by Gasteiger charge is 2.35. The van der Waals surface area contributed by atoms with Crippen LogP contribution in [0, 0.1) is 6.07 Å². The van der Waals surface area contributed by atoms with Crippen molar-refractivity contribution in [3.8, 4) is 0 Å². The summed E-state index contributed by atoms with van der Waals surface area (Å²) in [6, 6.07) is 5.86. The third-order valence-corrected chi connectivity index (χ3v) is 4.47. The van der Waals surface area contributed by atoms with E-state index in [2.05, 4.69) is 23.3 Å². The van der Waals surface area contributed by atoms with Crippen molar-refractivity contribution in [2.75, 3.05) is 25.0 Å². The third kappa shape index (κ3) is 4.37. The maximum Gasteiger partial charge on any atom is 0.317 e. The van der Waals surface area contributed by atoms with E-state index in [4.69, 9.17) is 5.73 Å². The molecule has 1 aliphatic heterocycles. The zero-order valence-electron chi connectivity index (χ0n) is 14.4. The van der Waals surface area contributed by atoms with E-state index in [-0.39, 0.29) is 12.1 Å². The standard InChI is InChI=1S/C17H26N5O2/c1-3-4-9-20-17(24)21(2)13-8-11-22(14(12-13)16(18)23)15-7-5-6-10-19-15/h5,7,10,13-14H,3-4,8-9,11-12H2,1-2H3,(H2,18,23)(H,20,24). The topological polar surface area (TPSA) is 91.6 Å². The predicted molar refractivity (Wildman–Crippen MR) is 92.5 cm³/mol. The first-order valence-corrected chi connectivity index (χ1v) is 8.43. The fourth-order valence-corrected chi connectivity index (χ4v) is 2.99. The van der Waals surface area contributed by atoms with Crippen molar-refractivity contribution in [2.45, 2.75) is 44.7 Å². The monoisotopic (exact) mass is 332 g/mol. The lowest BCUT2D eigenvalue weighted by Crippen LogP contribution is -2.56. The first-order valence-electron chi connectivity index (χ1n) is 8.43. The molecule has 1 aromatic rings. The molecule has 3 N–H and O–H groups in total. The van der Waals surface area contributed by atoms with Gasteiger partial charge in [0, 0.05) is 38.4 Å². The molecule has 1 aliphatic rings. The molecule has 2 atom stereocenters. The molecule has 131 valence electrons. The van der Waals surface area contributed by atoms with Gasteiger partial charge in [-0.25, -0.2) is 9.78 Å². The van der Waals surface area contributed by atoms with Crippen molar-refractivity contribution in [3.63, 3.8) is 0 Å². The summed E-state index contributed by atoms with van der Waals surface area (Å²) in [4.78, 5) is 32.0. The van der Waals surface area contributed by atoms with Crippen LogP contribution in [0.15, 0.2) is 18.3 Å². The van der Waals surface area contributed by atoms with Crippen molar-refractivity contribution in [1.82, 2.24) is 15.2 Å². The summed E-state index contributed by atoms with van der Waals surface area (Å²) >= 11 is 0. The highest BCUT2D eigenvalue weighted by molar-refractivity contribution is 5.84. The minimum atomic E-state index is -0.468. The molecule has 1 saturated heterocycles. The summed E-state index contributed by atoms with van der Waals surface area (Å²) in [5.74, 6) is 0.320. The number of nitrogens with zero attached hydrogens (tertiary/aromatic N) is 3. The number of hydrogen-bond acceptors (Lipinski definition) is 4. The van der Waals surface area contributed by atoms with E-state index >= 15 is 0 Å². The normalized spacial score (nSPS) is 20.5. The molecule has 0 spiro atoms. The lowest BCUT2D eigenvalue weighted by Gasteiger charge is -2.41. The quantitative estimate of drug-likeness (QED) is 0.764. The Morgan fingerprint density at radius 1 is 1.54 bits per heavy atom. The van der Waals surface area contributed by atoms with Gasteiger partial charge in [0.05, 0.1) is 0 Å². The van der Waals surface area contributed by atoms with Gasteiger partial charge >= 0.3 is 6.03 Å². The number of hydrogen-bond donors (Lipinski definition) is 2. The number of carbonyl (C=O) groups is 2. The molecule has 3 amide bonds. The lowest BCUT2D eigenvalue weighted by molar-refractivity contribution is -0.120. The van der Waals surface area contributed by atoms with Crippen LogP contribution in [-0.4, -0.2) is 54.0 Å². The second-order valence-electron chi connectivity index (χ2n) is 6.10. The molecule has 2 unspecified atom stereocenters. The number of rotatable bonds is 6. The summed E-state index contributed by atoms with van der Waals surface area (Å²) in [6.07, 6.45) is 4.84. The summed E-state index contributed by atoms with van der Waals surface area (Å²) < 4.78 is 0. The van der Waals surface area contributed by atoms with Crippen LogP contribution < -0.4 is 16.0 Å². The second kappa shape index (κ2) is 8.52. The van der Waals surface area contributed by atoms with E-state index in [1.54, 1.807) is 24.2 Å². The van der Waals surface area contributed by atoms with Gasteiger partial charge in [0.2, 0.25) is 5.91 Å². The zero-order chi connectivity index (χ0) is 17.5. The Labute approximate surface area is 143 Å². The summed E-state index contributed by atoms with van der Waals surface area (Å²) in [5, 5.41) is 2.91. The molecule has 1 radical (unpaired) electrons. The second-order valence-corrected chi connectivity index (χ2v) is 6.10. The van der Waals surface area contributed by atoms with Gasteiger partial charge in [-0.15, -0.1) is 0 Å². The van der Waals surface area contributed by atoms with E-state index in [0.717, 1.165) is 19.3 Å². The van der Waals surface area contributed by atoms with Crippen molar-refractivity contribution in [1.29, 1.82) is 0 Å². The first-order chi connectivity index (χ1) is 11.5. The number of piperidine rings is 1. The highest BCUT2D eigenvalue weighted by atomic mass is 16.2. The fourth-order valence-electron chi connectivity index (χ4n) is 2.99. The van der Waals surface area contributed by atoms with Gasteiger partial charge in [-0.2, -0.15) is 0 Å². The lowest BCUT2D eigenvalue weighted by atomic mass is 9.95. The van der Waals surface area contributed by atoms with Crippen molar-refractivity contribution >= 4 is 17.8 Å². The fraction of sp³-hybridized carbons (Fsp3) is 0.588. The average molecular weight is 332 g/mol. The SMILES string of the molecule is CCCCNC(=O)N(C)C1CCN(c2cc[c]cn2)C(C(N)=O)C1. The van der Waals surface area contributed by atoms with E-state index in [9.17, 15) is 9.59 Å². The number of anilines is 1. The maximum absolute atomic E-state index is 12.2. The number of aromatic nitrogens is 1. The first kappa shape index (κ1) is 18.0. The highest BCUT2D eigenvalue weighted by Crippen LogP contribution is 2.25. The molecule has 2 heterocycles. The van der Waals surface area contributed by atoms with E-state index in [0.29, 0.717) is 25.3 Å². The molecule has 2 rings (SSSR count). The molecule has 7 heteroatoms. The van der Waals surface area contributed by atoms with Crippen LogP contribution in [0.3, 0.4) is 0 Å². The molecule has 1 aromatic heterocycles. The van der Waals surface area contributed by atoms with E-state index in [1.165, 1.54) is 0 Å². The van der Waals surface area contributed by atoms with Crippen LogP contribution in [0.5, 0.6) is 0 Å². The molecular formula is C17H26N5O2. The van der Waals surface area contributed by atoms with Crippen LogP contribution in [0.2, 0.25) is 0 Å². The molecule has 0 aromatic carbocycles. The van der Waals surface area contributed by atoms with Gasteiger partial charge < -0.3 is 20.9 Å². The average Bonchev–Trinajstić information content (AvgIpc) is 2.61. The Morgan fingerprint density at radius 3 is 2.96 bits per heavy atom. The minimum absolute atomic E-state index is 0.0179. The number of pyridine rings is 1. The van der Waals surface area contributed by atoms with Crippen LogP contribution in [0.25, 0.3) is 0 Å². The molecule has 0 saturated carbocycles. The van der Waals surface area contributed by atoms with Crippen LogP contribution >= 0.6 is 0 Å². The van der Waals surface area contributed by atoms with E-state index < -0.39 is 11.9 Å². The smallest absolute Gasteiger partial charge is 0.317 e. The third-order valence-electron chi connectivity index (χ3n) is 4.47. The Balaban J connectivity index is 2.02. The predicted octanol–water partition coefficient (Wildman–Crippen LogP) is 1.15. The largest absolute Gasteiger partial charge is 0.368 e. The Hall–Kier alpha value is -2.31. The Bertz CT molecular complexity index is 551. The number of primary amides is 1. The van der Waals surface area contributed by atoms with Crippen LogP contribution in [0.1, 0.15) is 32.6 Å². The van der Waals surface area contributed by atoms with Crippen molar-refractivity contribution < 1.29 is 9.59 Å². The summed E-state index contributed by atoms with van der Waals surface area (Å²) in [6.45, 7) is 3.38. The van der Waals surface area contributed by atoms with Gasteiger partial charge in [-0.1, -0.05) is 13.3 Å². The maximum atomic E-state index is 12.2. The molecule has 0 aliphatic carbocycles. The minimum Gasteiger partial charge on any atom is -0.368 e. The van der Waals surface area contributed by atoms with Crippen LogP contribution in [-0.2, 0) is 4.79 Å². The number of urea groups is 1. The summed E-state index contributed by atoms with van der Waals surface area (Å²) in [5.41, 5.74) is 5.60. The van der Waals surface area contributed by atoms with Crippen LogP contribution in [0.4, 0.5) is 10.6 Å². The Kier molecular flexibility index (Phi) is 6.40. The number of nitrogens with one attached hydrogen (secondary N) is 1. The molecule has 1 fully saturated rings. The molecule has 7 nitrogen and oxygen atoms in total. The molecule has 24 heavy (non-hydrogen) atoms. The van der Waals surface area contributed by atoms with Gasteiger partial charge in [-0.3, -0.25) is 4.79 Å². The van der Waals surface area contributed by atoms with Gasteiger partial charge in [0.15, 0.2) is 0 Å². The number of nitrogens with two attached hydrogens (primary N) is 1. The molecular weight excluding hydrogens is 306 g/mol. The number of amides is 3. The van der Waals surface area contributed by atoms with Crippen molar-refractivity contribution in [3.05, 3.63) is 24.4 Å². The van der Waals surface area contributed by atoms with Gasteiger partial charge in [0.1, 0.15) is 11.9 Å². The Morgan fingerprint density at radius 2 is 2.33 bits per heavy atom. The van der Waals surface area contributed by atoms with Crippen molar-refractivity contribution in [2.24, 2.45) is 5.73 Å². The zero-order valence-corrected chi connectivity index (χ0v) is 14.4. The summed E-state index contributed by atoms with van der Waals surface area (Å²) in [7, 11) is 1.77. The van der Waals surface area contributed by atoms with E-state index in [1.807, 2.05) is 11.0 Å².